The van der Waals surface area contributed by atoms with Gasteiger partial charge in [0, 0.05) is 6.42 Å². The lowest BCUT2D eigenvalue weighted by molar-refractivity contribution is -0.143. The third kappa shape index (κ3) is 4.12. The van der Waals surface area contributed by atoms with Crippen molar-refractivity contribution in [3.05, 3.63) is 24.2 Å². The normalized spacial score (nSPS) is 10.1. The summed E-state index contributed by atoms with van der Waals surface area (Å²) in [6, 6.07) is 1.86. The van der Waals surface area contributed by atoms with E-state index in [1.807, 2.05) is 6.07 Å². The molecule has 1 aromatic heterocycles. The first-order valence-electron chi connectivity index (χ1n) is 4.99. The van der Waals surface area contributed by atoms with E-state index in [2.05, 4.69) is 6.92 Å². The molecule has 0 aliphatic carbocycles. The van der Waals surface area contributed by atoms with Gasteiger partial charge < -0.3 is 9.15 Å². The third-order valence-electron chi connectivity index (χ3n) is 1.96. The lowest BCUT2D eigenvalue weighted by atomic mass is 10.2. The Labute approximate surface area is 84.1 Å². The summed E-state index contributed by atoms with van der Waals surface area (Å²) in [5, 5.41) is 0. The molecule has 0 bridgehead atoms. The Morgan fingerprint density at radius 1 is 1.57 bits per heavy atom. The Morgan fingerprint density at radius 2 is 2.43 bits per heavy atom. The molecule has 0 N–H and O–H groups in total. The second-order valence-corrected chi connectivity index (χ2v) is 3.21. The van der Waals surface area contributed by atoms with Gasteiger partial charge in [-0.25, -0.2) is 0 Å². The summed E-state index contributed by atoms with van der Waals surface area (Å²) in [4.78, 5) is 11.2. The van der Waals surface area contributed by atoms with Gasteiger partial charge in [0.15, 0.2) is 0 Å². The summed E-state index contributed by atoms with van der Waals surface area (Å²) in [7, 11) is 0. The second-order valence-electron chi connectivity index (χ2n) is 3.21. The fourth-order valence-electron chi connectivity index (χ4n) is 1.08. The van der Waals surface area contributed by atoms with Crippen LogP contribution in [0.4, 0.5) is 0 Å². The molecule has 0 amide bonds. The highest BCUT2D eigenvalue weighted by Crippen LogP contribution is 2.04. The molecular formula is C11H16O3. The summed E-state index contributed by atoms with van der Waals surface area (Å²) in [6.45, 7) is 2.61. The van der Waals surface area contributed by atoms with Crippen molar-refractivity contribution in [1.82, 2.24) is 0 Å². The van der Waals surface area contributed by atoms with Gasteiger partial charge >= 0.3 is 5.97 Å². The summed E-state index contributed by atoms with van der Waals surface area (Å²) in [6.07, 6.45) is 6.38. The number of ether oxygens (including phenoxy) is 1. The predicted molar refractivity (Wildman–Crippen MR) is 52.9 cm³/mol. The maximum Gasteiger partial charge on any atom is 0.306 e. The van der Waals surface area contributed by atoms with Crippen LogP contribution in [-0.2, 0) is 16.0 Å². The highest BCUT2D eigenvalue weighted by atomic mass is 16.5. The van der Waals surface area contributed by atoms with Crippen molar-refractivity contribution in [3.63, 3.8) is 0 Å². The minimum absolute atomic E-state index is 0.125. The number of hydrogen-bond donors (Lipinski definition) is 0. The molecule has 1 heterocycles. The number of carbonyl (C=O) groups is 1. The number of rotatable bonds is 6. The molecule has 1 aromatic rings. The molecule has 0 radical (unpaired) electrons. The van der Waals surface area contributed by atoms with Crippen molar-refractivity contribution >= 4 is 5.97 Å². The molecular weight excluding hydrogens is 180 g/mol. The van der Waals surface area contributed by atoms with E-state index in [0.717, 1.165) is 18.4 Å². The predicted octanol–water partition coefficient (Wildman–Crippen LogP) is 2.56. The number of esters is 1. The zero-order valence-electron chi connectivity index (χ0n) is 8.49. The molecule has 0 aromatic carbocycles. The zero-order chi connectivity index (χ0) is 10.2. The van der Waals surface area contributed by atoms with Crippen LogP contribution in [0.15, 0.2) is 23.0 Å². The fraction of sp³-hybridized carbons (Fsp3) is 0.545. The van der Waals surface area contributed by atoms with Crippen LogP contribution in [0.5, 0.6) is 0 Å². The van der Waals surface area contributed by atoms with E-state index in [1.54, 1.807) is 12.5 Å². The van der Waals surface area contributed by atoms with Crippen molar-refractivity contribution < 1.29 is 13.9 Å². The molecule has 0 aliphatic rings. The van der Waals surface area contributed by atoms with E-state index in [-0.39, 0.29) is 5.97 Å². The van der Waals surface area contributed by atoms with Gasteiger partial charge in [0.25, 0.3) is 0 Å². The Bertz CT molecular complexity index is 252. The van der Waals surface area contributed by atoms with Crippen LogP contribution in [0.25, 0.3) is 0 Å². The van der Waals surface area contributed by atoms with Gasteiger partial charge in [-0.15, -0.1) is 0 Å². The van der Waals surface area contributed by atoms with E-state index in [0.29, 0.717) is 19.4 Å². The Hall–Kier alpha value is -1.25. The van der Waals surface area contributed by atoms with Gasteiger partial charge in [-0.05, 0) is 24.5 Å². The van der Waals surface area contributed by atoms with Crippen LogP contribution in [0.3, 0.4) is 0 Å². The number of unbranched alkanes of at least 4 members (excludes halogenated alkanes) is 1. The van der Waals surface area contributed by atoms with E-state index in [1.165, 1.54) is 0 Å². The first kappa shape index (κ1) is 10.8. The van der Waals surface area contributed by atoms with E-state index < -0.39 is 0 Å². The standard InChI is InChI=1S/C11H16O3/c1-2-3-7-14-11(12)5-4-10-6-8-13-9-10/h6,8-9H,2-5,7H2,1H3. The number of furan rings is 1. The second kappa shape index (κ2) is 6.24. The maximum absolute atomic E-state index is 11.2. The summed E-state index contributed by atoms with van der Waals surface area (Å²) >= 11 is 0. The fourth-order valence-corrected chi connectivity index (χ4v) is 1.08. The molecule has 0 aliphatic heterocycles. The molecule has 0 atom stereocenters. The molecule has 0 unspecified atom stereocenters. The number of aryl methyl sites for hydroxylation is 1. The van der Waals surface area contributed by atoms with Crippen molar-refractivity contribution in [2.75, 3.05) is 6.61 Å². The molecule has 14 heavy (non-hydrogen) atoms. The van der Waals surface area contributed by atoms with E-state index in [4.69, 9.17) is 9.15 Å². The van der Waals surface area contributed by atoms with Gasteiger partial charge in [-0.1, -0.05) is 13.3 Å². The van der Waals surface area contributed by atoms with Gasteiger partial charge in [-0.2, -0.15) is 0 Å². The third-order valence-corrected chi connectivity index (χ3v) is 1.96. The van der Waals surface area contributed by atoms with Gasteiger partial charge in [0.2, 0.25) is 0 Å². The molecule has 0 saturated carbocycles. The maximum atomic E-state index is 11.2. The first-order valence-corrected chi connectivity index (χ1v) is 4.99. The summed E-state index contributed by atoms with van der Waals surface area (Å²) in [5.41, 5.74) is 1.04. The molecule has 0 saturated heterocycles. The summed E-state index contributed by atoms with van der Waals surface area (Å²) < 4.78 is 9.90. The van der Waals surface area contributed by atoms with Crippen LogP contribution < -0.4 is 0 Å². The Morgan fingerprint density at radius 3 is 3.07 bits per heavy atom. The Kier molecular flexibility index (Phi) is 4.83. The summed E-state index contributed by atoms with van der Waals surface area (Å²) in [5.74, 6) is -0.125. The average Bonchev–Trinajstić information content (AvgIpc) is 2.68. The molecule has 3 heteroatoms. The van der Waals surface area contributed by atoms with Crippen molar-refractivity contribution in [2.45, 2.75) is 32.6 Å². The SMILES string of the molecule is CCCCOC(=O)CCc1ccoc1. The minimum atomic E-state index is -0.125. The average molecular weight is 196 g/mol. The van der Waals surface area contributed by atoms with Crippen molar-refractivity contribution in [3.8, 4) is 0 Å². The lowest BCUT2D eigenvalue weighted by Crippen LogP contribution is -2.06. The van der Waals surface area contributed by atoms with Crippen LogP contribution >= 0.6 is 0 Å². The number of carbonyl (C=O) groups excluding carboxylic acids is 1. The molecule has 0 spiro atoms. The van der Waals surface area contributed by atoms with Gasteiger partial charge in [-0.3, -0.25) is 4.79 Å². The highest BCUT2D eigenvalue weighted by Gasteiger charge is 2.03. The quantitative estimate of drug-likeness (QED) is 0.518. The monoisotopic (exact) mass is 196 g/mol. The van der Waals surface area contributed by atoms with Crippen molar-refractivity contribution in [2.24, 2.45) is 0 Å². The zero-order valence-corrected chi connectivity index (χ0v) is 8.49. The largest absolute Gasteiger partial charge is 0.472 e. The van der Waals surface area contributed by atoms with Crippen LogP contribution in [0.1, 0.15) is 31.7 Å². The van der Waals surface area contributed by atoms with Crippen LogP contribution in [0.2, 0.25) is 0 Å². The van der Waals surface area contributed by atoms with E-state index in [9.17, 15) is 4.79 Å². The Balaban J connectivity index is 2.09. The molecule has 78 valence electrons. The molecule has 1 rings (SSSR count). The van der Waals surface area contributed by atoms with Crippen molar-refractivity contribution in [1.29, 1.82) is 0 Å². The molecule has 0 fully saturated rings. The van der Waals surface area contributed by atoms with E-state index >= 15 is 0 Å². The highest BCUT2D eigenvalue weighted by molar-refractivity contribution is 5.69. The smallest absolute Gasteiger partial charge is 0.306 e. The topological polar surface area (TPSA) is 39.4 Å². The lowest BCUT2D eigenvalue weighted by Gasteiger charge is -2.02. The van der Waals surface area contributed by atoms with Gasteiger partial charge in [0.05, 0.1) is 19.1 Å². The minimum Gasteiger partial charge on any atom is -0.472 e. The first-order chi connectivity index (χ1) is 6.83. The van der Waals surface area contributed by atoms with Crippen LogP contribution in [-0.4, -0.2) is 12.6 Å². The van der Waals surface area contributed by atoms with Gasteiger partial charge in [0.1, 0.15) is 0 Å². The van der Waals surface area contributed by atoms with Crippen LogP contribution in [0, 0.1) is 0 Å². The molecule has 3 nitrogen and oxygen atoms in total. The number of hydrogen-bond acceptors (Lipinski definition) is 3.